The van der Waals surface area contributed by atoms with Gasteiger partial charge in [-0.15, -0.1) is 0 Å². The molecule has 1 N–H and O–H groups in total. The fourth-order valence-corrected chi connectivity index (χ4v) is 2.53. The number of hydrogen-bond acceptors (Lipinski definition) is 4. The van der Waals surface area contributed by atoms with Crippen molar-refractivity contribution < 1.29 is 9.47 Å². The fraction of sp³-hybridized carbons (Fsp3) is 0.188. The van der Waals surface area contributed by atoms with Gasteiger partial charge in [0.1, 0.15) is 11.5 Å². The molecule has 0 spiro atoms. The SMILES string of the molecule is CCc1nc2ccccn2c1Nc1ccc2c(c1)OCO2. The summed E-state index contributed by atoms with van der Waals surface area (Å²) >= 11 is 0. The summed E-state index contributed by atoms with van der Waals surface area (Å²) in [5.41, 5.74) is 2.94. The minimum Gasteiger partial charge on any atom is -0.454 e. The molecular formula is C16H15N3O2. The van der Waals surface area contributed by atoms with Gasteiger partial charge in [0, 0.05) is 18.0 Å². The predicted molar refractivity (Wildman–Crippen MR) is 80.4 cm³/mol. The molecule has 21 heavy (non-hydrogen) atoms. The Morgan fingerprint density at radius 1 is 1.19 bits per heavy atom. The highest BCUT2D eigenvalue weighted by atomic mass is 16.7. The van der Waals surface area contributed by atoms with Crippen LogP contribution in [0.2, 0.25) is 0 Å². The van der Waals surface area contributed by atoms with Crippen LogP contribution in [-0.2, 0) is 6.42 Å². The lowest BCUT2D eigenvalue weighted by atomic mass is 10.2. The van der Waals surface area contributed by atoms with Gasteiger partial charge in [-0.2, -0.15) is 0 Å². The van der Waals surface area contributed by atoms with Crippen molar-refractivity contribution in [3.05, 3.63) is 48.3 Å². The fourth-order valence-electron chi connectivity index (χ4n) is 2.53. The molecule has 3 heterocycles. The minimum absolute atomic E-state index is 0.286. The van der Waals surface area contributed by atoms with Crippen LogP contribution < -0.4 is 14.8 Å². The lowest BCUT2D eigenvalue weighted by Crippen LogP contribution is -1.98. The zero-order valence-electron chi connectivity index (χ0n) is 11.7. The van der Waals surface area contributed by atoms with E-state index in [0.717, 1.165) is 40.8 Å². The molecule has 1 aliphatic rings. The van der Waals surface area contributed by atoms with E-state index in [1.165, 1.54) is 0 Å². The van der Waals surface area contributed by atoms with Gasteiger partial charge in [-0.1, -0.05) is 13.0 Å². The molecule has 0 bridgehead atoms. The molecule has 0 atom stereocenters. The molecule has 0 saturated heterocycles. The maximum absolute atomic E-state index is 5.42. The maximum atomic E-state index is 5.42. The lowest BCUT2D eigenvalue weighted by Gasteiger charge is -2.08. The van der Waals surface area contributed by atoms with Gasteiger partial charge < -0.3 is 14.8 Å². The standard InChI is InChI=1S/C16H15N3O2/c1-2-12-16(19-8-4-3-5-15(19)18-12)17-11-6-7-13-14(9-11)21-10-20-13/h3-9,17H,2,10H2,1H3. The number of anilines is 2. The smallest absolute Gasteiger partial charge is 0.231 e. The van der Waals surface area contributed by atoms with Crippen molar-refractivity contribution in [3.8, 4) is 11.5 Å². The number of benzene rings is 1. The topological polar surface area (TPSA) is 47.8 Å². The molecule has 3 aromatic rings. The van der Waals surface area contributed by atoms with Crippen molar-refractivity contribution in [2.24, 2.45) is 0 Å². The second-order valence-corrected chi connectivity index (χ2v) is 4.88. The van der Waals surface area contributed by atoms with Crippen molar-refractivity contribution >= 4 is 17.2 Å². The monoisotopic (exact) mass is 281 g/mol. The molecule has 106 valence electrons. The maximum Gasteiger partial charge on any atom is 0.231 e. The van der Waals surface area contributed by atoms with E-state index in [0.29, 0.717) is 0 Å². The van der Waals surface area contributed by atoms with Crippen molar-refractivity contribution in [2.45, 2.75) is 13.3 Å². The van der Waals surface area contributed by atoms with Gasteiger partial charge in [-0.05, 0) is 30.7 Å². The van der Waals surface area contributed by atoms with Crippen LogP contribution in [0.3, 0.4) is 0 Å². The van der Waals surface area contributed by atoms with Gasteiger partial charge >= 0.3 is 0 Å². The van der Waals surface area contributed by atoms with E-state index >= 15 is 0 Å². The number of ether oxygens (including phenoxy) is 2. The van der Waals surface area contributed by atoms with Crippen molar-refractivity contribution in [3.63, 3.8) is 0 Å². The molecular weight excluding hydrogens is 266 g/mol. The Bertz CT molecular complexity index is 810. The first kappa shape index (κ1) is 12.1. The number of hydrogen-bond donors (Lipinski definition) is 1. The van der Waals surface area contributed by atoms with E-state index in [1.54, 1.807) is 0 Å². The first-order chi connectivity index (χ1) is 10.3. The van der Waals surface area contributed by atoms with Gasteiger partial charge in [-0.25, -0.2) is 4.98 Å². The van der Waals surface area contributed by atoms with Crippen LogP contribution in [0.1, 0.15) is 12.6 Å². The molecule has 1 aliphatic heterocycles. The number of aromatic nitrogens is 2. The zero-order chi connectivity index (χ0) is 14.2. The summed E-state index contributed by atoms with van der Waals surface area (Å²) < 4.78 is 12.8. The molecule has 0 saturated carbocycles. The number of fused-ring (bicyclic) bond motifs is 2. The predicted octanol–water partition coefficient (Wildman–Crippen LogP) is 3.37. The second-order valence-electron chi connectivity index (χ2n) is 4.88. The summed E-state index contributed by atoms with van der Waals surface area (Å²) in [6, 6.07) is 11.8. The highest BCUT2D eigenvalue weighted by Gasteiger charge is 2.15. The normalized spacial score (nSPS) is 12.8. The Labute approximate surface area is 122 Å². The molecule has 0 unspecified atom stereocenters. The highest BCUT2D eigenvalue weighted by Crippen LogP contribution is 2.35. The average molecular weight is 281 g/mol. The lowest BCUT2D eigenvalue weighted by molar-refractivity contribution is 0.174. The van der Waals surface area contributed by atoms with Crippen LogP contribution in [0.25, 0.3) is 5.65 Å². The molecule has 4 rings (SSSR count). The Morgan fingerprint density at radius 3 is 3.00 bits per heavy atom. The minimum atomic E-state index is 0.286. The zero-order valence-corrected chi connectivity index (χ0v) is 11.7. The summed E-state index contributed by atoms with van der Waals surface area (Å²) in [7, 11) is 0. The van der Waals surface area contributed by atoms with E-state index in [4.69, 9.17) is 9.47 Å². The summed E-state index contributed by atoms with van der Waals surface area (Å²) in [5, 5.41) is 3.44. The van der Waals surface area contributed by atoms with Gasteiger partial charge in [0.05, 0.1) is 5.69 Å². The van der Waals surface area contributed by atoms with Gasteiger partial charge in [0.2, 0.25) is 6.79 Å². The summed E-state index contributed by atoms with van der Waals surface area (Å²) in [5.74, 6) is 2.55. The third-order valence-electron chi connectivity index (χ3n) is 3.57. The van der Waals surface area contributed by atoms with Crippen molar-refractivity contribution in [1.29, 1.82) is 0 Å². The van der Waals surface area contributed by atoms with Crippen molar-refractivity contribution in [1.82, 2.24) is 9.38 Å². The van der Waals surface area contributed by atoms with E-state index < -0.39 is 0 Å². The Hall–Kier alpha value is -2.69. The van der Waals surface area contributed by atoms with Crippen molar-refractivity contribution in [2.75, 3.05) is 12.1 Å². The molecule has 0 amide bonds. The van der Waals surface area contributed by atoms with E-state index in [1.807, 2.05) is 42.6 Å². The van der Waals surface area contributed by atoms with E-state index in [9.17, 15) is 0 Å². The van der Waals surface area contributed by atoms with Gasteiger partial charge in [0.25, 0.3) is 0 Å². The highest BCUT2D eigenvalue weighted by molar-refractivity contribution is 5.66. The summed E-state index contributed by atoms with van der Waals surface area (Å²) in [6.07, 6.45) is 2.88. The molecule has 0 fully saturated rings. The summed E-state index contributed by atoms with van der Waals surface area (Å²) in [4.78, 5) is 4.64. The molecule has 0 radical (unpaired) electrons. The largest absolute Gasteiger partial charge is 0.454 e. The Balaban J connectivity index is 1.77. The first-order valence-corrected chi connectivity index (χ1v) is 6.98. The van der Waals surface area contributed by atoms with E-state index in [-0.39, 0.29) is 6.79 Å². The second kappa shape index (κ2) is 4.70. The van der Waals surface area contributed by atoms with Crippen LogP contribution in [0.5, 0.6) is 11.5 Å². The Kier molecular flexibility index (Phi) is 2.70. The third kappa shape index (κ3) is 1.98. The van der Waals surface area contributed by atoms with Gasteiger partial charge in [0.15, 0.2) is 11.5 Å². The van der Waals surface area contributed by atoms with Gasteiger partial charge in [-0.3, -0.25) is 4.40 Å². The number of rotatable bonds is 3. The Morgan fingerprint density at radius 2 is 2.10 bits per heavy atom. The quantitative estimate of drug-likeness (QED) is 0.799. The molecule has 2 aromatic heterocycles. The number of imidazole rings is 1. The molecule has 1 aromatic carbocycles. The number of nitrogens with zero attached hydrogens (tertiary/aromatic N) is 2. The van der Waals surface area contributed by atoms with Crippen LogP contribution in [0, 0.1) is 0 Å². The van der Waals surface area contributed by atoms with Crippen LogP contribution >= 0.6 is 0 Å². The molecule has 0 aliphatic carbocycles. The van der Waals surface area contributed by atoms with E-state index in [2.05, 4.69) is 21.6 Å². The van der Waals surface area contributed by atoms with Crippen LogP contribution in [0.4, 0.5) is 11.5 Å². The molecule has 5 nitrogen and oxygen atoms in total. The number of pyridine rings is 1. The third-order valence-corrected chi connectivity index (χ3v) is 3.57. The number of nitrogens with one attached hydrogen (secondary N) is 1. The van der Waals surface area contributed by atoms with Crippen LogP contribution in [0.15, 0.2) is 42.6 Å². The summed E-state index contributed by atoms with van der Waals surface area (Å²) in [6.45, 7) is 2.39. The van der Waals surface area contributed by atoms with Crippen LogP contribution in [-0.4, -0.2) is 16.2 Å². The average Bonchev–Trinajstić information content (AvgIpc) is 3.11. The molecule has 5 heteroatoms. The number of aryl methyl sites for hydroxylation is 1. The first-order valence-electron chi connectivity index (χ1n) is 6.98.